The van der Waals surface area contributed by atoms with Crippen LogP contribution in [0.2, 0.25) is 0 Å². The smallest absolute Gasteiger partial charge is 0.219 e. The SMILES string of the molecule is CC(=O)N1CCc2c(c(-c3cccc4cc(-c5cnn(CCOC6CCNCC6)c5)ncc34)nn2C)C1. The van der Waals surface area contributed by atoms with E-state index in [0.717, 1.165) is 84.3 Å². The molecule has 0 aliphatic carbocycles. The summed E-state index contributed by atoms with van der Waals surface area (Å²) in [5.74, 6) is 0.100. The molecule has 0 saturated carbocycles. The topological polar surface area (TPSA) is 90.1 Å². The number of hydrogen-bond donors (Lipinski definition) is 1. The lowest BCUT2D eigenvalue weighted by molar-refractivity contribution is -0.129. The van der Waals surface area contributed by atoms with Gasteiger partial charge in [0.2, 0.25) is 5.91 Å². The molecule has 0 atom stereocenters. The Balaban J connectivity index is 1.24. The summed E-state index contributed by atoms with van der Waals surface area (Å²) >= 11 is 0. The highest BCUT2D eigenvalue weighted by Gasteiger charge is 2.26. The van der Waals surface area contributed by atoms with E-state index < -0.39 is 0 Å². The Labute approximate surface area is 216 Å². The molecule has 9 heteroatoms. The largest absolute Gasteiger partial charge is 0.376 e. The van der Waals surface area contributed by atoms with Gasteiger partial charge in [0.25, 0.3) is 0 Å². The van der Waals surface area contributed by atoms with Crippen LogP contribution in [-0.2, 0) is 36.1 Å². The van der Waals surface area contributed by atoms with Gasteiger partial charge in [-0.1, -0.05) is 18.2 Å². The summed E-state index contributed by atoms with van der Waals surface area (Å²) in [5.41, 5.74) is 6.19. The Bertz CT molecular complexity index is 1430. The van der Waals surface area contributed by atoms with Crippen LogP contribution in [0.1, 0.15) is 31.0 Å². The van der Waals surface area contributed by atoms with Crippen LogP contribution in [0.3, 0.4) is 0 Å². The van der Waals surface area contributed by atoms with Gasteiger partial charge in [0.05, 0.1) is 36.8 Å². The maximum atomic E-state index is 12.1. The summed E-state index contributed by atoms with van der Waals surface area (Å²) in [7, 11) is 1.99. The number of nitrogens with one attached hydrogen (secondary N) is 1. The predicted octanol–water partition coefficient (Wildman–Crippen LogP) is 3.17. The van der Waals surface area contributed by atoms with E-state index in [1.807, 2.05) is 39.9 Å². The third kappa shape index (κ3) is 4.76. The number of pyridine rings is 1. The molecule has 2 aliphatic heterocycles. The summed E-state index contributed by atoms with van der Waals surface area (Å²) in [6.07, 6.45) is 9.15. The Morgan fingerprint density at radius 1 is 1.22 bits per heavy atom. The molecule has 1 amide bonds. The van der Waals surface area contributed by atoms with E-state index in [0.29, 0.717) is 19.3 Å². The van der Waals surface area contributed by atoms with Crippen LogP contribution in [-0.4, -0.2) is 67.7 Å². The molecular formula is C28H33N7O2. The van der Waals surface area contributed by atoms with Crippen molar-refractivity contribution in [3.05, 3.63) is 54.1 Å². The highest BCUT2D eigenvalue weighted by Crippen LogP contribution is 2.35. The quantitative estimate of drug-likeness (QED) is 0.438. The first-order chi connectivity index (χ1) is 18.1. The fraction of sp³-hybridized carbons (Fsp3) is 0.429. The van der Waals surface area contributed by atoms with Crippen LogP contribution >= 0.6 is 0 Å². The molecule has 1 saturated heterocycles. The molecule has 0 spiro atoms. The van der Waals surface area contributed by atoms with Crippen molar-refractivity contribution in [1.82, 2.24) is 34.8 Å². The van der Waals surface area contributed by atoms with Crippen molar-refractivity contribution in [2.75, 3.05) is 26.2 Å². The first kappa shape index (κ1) is 23.8. The fourth-order valence-electron chi connectivity index (χ4n) is 5.51. The van der Waals surface area contributed by atoms with Gasteiger partial charge in [0.1, 0.15) is 0 Å². The van der Waals surface area contributed by atoms with Crippen molar-refractivity contribution in [2.45, 2.75) is 45.4 Å². The molecule has 1 N–H and O–H groups in total. The lowest BCUT2D eigenvalue weighted by Gasteiger charge is -2.26. The van der Waals surface area contributed by atoms with Gasteiger partial charge >= 0.3 is 0 Å². The minimum Gasteiger partial charge on any atom is -0.376 e. The number of carbonyl (C=O) groups excluding carboxylic acids is 1. The van der Waals surface area contributed by atoms with Gasteiger partial charge in [-0.2, -0.15) is 10.2 Å². The first-order valence-corrected chi connectivity index (χ1v) is 13.1. The molecule has 5 heterocycles. The van der Waals surface area contributed by atoms with Crippen LogP contribution in [0, 0.1) is 0 Å². The van der Waals surface area contributed by atoms with E-state index in [4.69, 9.17) is 14.8 Å². The monoisotopic (exact) mass is 499 g/mol. The van der Waals surface area contributed by atoms with E-state index in [-0.39, 0.29) is 5.91 Å². The zero-order valence-electron chi connectivity index (χ0n) is 21.5. The molecule has 37 heavy (non-hydrogen) atoms. The van der Waals surface area contributed by atoms with Gasteiger partial charge in [-0.25, -0.2) is 0 Å². The summed E-state index contributed by atoms with van der Waals surface area (Å²) in [5, 5.41) is 14.9. The van der Waals surface area contributed by atoms with E-state index in [2.05, 4.69) is 34.7 Å². The summed E-state index contributed by atoms with van der Waals surface area (Å²) in [6.45, 7) is 6.42. The number of amides is 1. The van der Waals surface area contributed by atoms with Crippen molar-refractivity contribution in [3.63, 3.8) is 0 Å². The molecule has 3 aromatic heterocycles. The third-order valence-corrected chi connectivity index (χ3v) is 7.60. The van der Waals surface area contributed by atoms with E-state index >= 15 is 0 Å². The van der Waals surface area contributed by atoms with Crippen LogP contribution in [0.4, 0.5) is 0 Å². The van der Waals surface area contributed by atoms with Crippen LogP contribution in [0.25, 0.3) is 33.3 Å². The van der Waals surface area contributed by atoms with E-state index in [1.54, 1.807) is 6.92 Å². The second-order valence-corrected chi connectivity index (χ2v) is 10.00. The van der Waals surface area contributed by atoms with Crippen molar-refractivity contribution >= 4 is 16.7 Å². The zero-order chi connectivity index (χ0) is 25.4. The second kappa shape index (κ2) is 10.1. The Kier molecular flexibility index (Phi) is 6.48. The van der Waals surface area contributed by atoms with Crippen molar-refractivity contribution in [2.24, 2.45) is 7.05 Å². The minimum absolute atomic E-state index is 0.100. The number of rotatable bonds is 6. The molecule has 6 rings (SSSR count). The van der Waals surface area contributed by atoms with Crippen LogP contribution in [0.15, 0.2) is 42.9 Å². The predicted molar refractivity (Wildman–Crippen MR) is 142 cm³/mol. The van der Waals surface area contributed by atoms with Gasteiger partial charge in [-0.05, 0) is 37.4 Å². The summed E-state index contributed by atoms with van der Waals surface area (Å²) < 4.78 is 9.92. The van der Waals surface area contributed by atoms with Crippen LogP contribution < -0.4 is 5.32 Å². The summed E-state index contributed by atoms with van der Waals surface area (Å²) in [6, 6.07) is 8.39. The van der Waals surface area contributed by atoms with Crippen molar-refractivity contribution in [1.29, 1.82) is 0 Å². The van der Waals surface area contributed by atoms with Gasteiger partial charge in [-0.15, -0.1) is 0 Å². The lowest BCUT2D eigenvalue weighted by atomic mass is 9.97. The molecule has 0 unspecified atom stereocenters. The molecule has 9 nitrogen and oxygen atoms in total. The molecule has 0 bridgehead atoms. The van der Waals surface area contributed by atoms with E-state index in [9.17, 15) is 4.79 Å². The highest BCUT2D eigenvalue weighted by atomic mass is 16.5. The molecular weight excluding hydrogens is 466 g/mol. The molecule has 4 aromatic rings. The first-order valence-electron chi connectivity index (χ1n) is 13.1. The van der Waals surface area contributed by atoms with E-state index in [1.165, 1.54) is 5.69 Å². The van der Waals surface area contributed by atoms with Gasteiger partial charge < -0.3 is 15.0 Å². The molecule has 1 fully saturated rings. The summed E-state index contributed by atoms with van der Waals surface area (Å²) in [4.78, 5) is 18.7. The van der Waals surface area contributed by atoms with Gasteiger partial charge in [-0.3, -0.25) is 19.1 Å². The zero-order valence-corrected chi connectivity index (χ0v) is 21.5. The van der Waals surface area contributed by atoms with Crippen molar-refractivity contribution < 1.29 is 9.53 Å². The number of ether oxygens (including phenoxy) is 1. The molecule has 192 valence electrons. The number of aromatic nitrogens is 5. The van der Waals surface area contributed by atoms with Gasteiger partial charge in [0, 0.05) is 73.6 Å². The molecule has 1 aromatic carbocycles. The maximum Gasteiger partial charge on any atom is 0.219 e. The standard InChI is InChI=1S/C28H33N7O2/c1-19(36)34-11-8-27-25(18-34)28(32-33(27)2)23-5-3-4-20-14-26(30-16-24(20)23)21-15-31-35(17-21)12-13-37-22-6-9-29-10-7-22/h3-5,14-17,22,29H,6-13,18H2,1-2H3. The normalized spacial score (nSPS) is 16.3. The average molecular weight is 500 g/mol. The number of nitrogens with zero attached hydrogens (tertiary/aromatic N) is 6. The number of carbonyl (C=O) groups is 1. The second-order valence-electron chi connectivity index (χ2n) is 10.00. The Morgan fingerprint density at radius 2 is 2.08 bits per heavy atom. The average Bonchev–Trinajstić information content (AvgIpc) is 3.53. The number of aryl methyl sites for hydroxylation is 1. The Morgan fingerprint density at radius 3 is 2.92 bits per heavy atom. The van der Waals surface area contributed by atoms with Gasteiger partial charge in [0.15, 0.2) is 0 Å². The number of fused-ring (bicyclic) bond motifs is 2. The minimum atomic E-state index is 0.100. The lowest BCUT2D eigenvalue weighted by Crippen LogP contribution is -2.34. The fourth-order valence-corrected chi connectivity index (χ4v) is 5.51. The highest BCUT2D eigenvalue weighted by molar-refractivity contribution is 5.97. The number of piperidine rings is 1. The number of hydrogen-bond acceptors (Lipinski definition) is 6. The molecule has 2 aliphatic rings. The third-order valence-electron chi connectivity index (χ3n) is 7.60. The molecule has 0 radical (unpaired) electrons. The van der Waals surface area contributed by atoms with Crippen LogP contribution in [0.5, 0.6) is 0 Å². The maximum absolute atomic E-state index is 12.1. The number of benzene rings is 1. The Hall–Kier alpha value is -3.56. The van der Waals surface area contributed by atoms with Crippen molar-refractivity contribution in [3.8, 4) is 22.5 Å².